The normalized spacial score (nSPS) is 11.6. The average molecular weight is 304 g/mol. The fraction of sp³-hybridized carbons (Fsp3) is 0.125. The number of benzene rings is 2. The zero-order chi connectivity index (χ0) is 16.2. The number of phenolic OH excluding ortho intramolecular Hbond substituents is 1. The summed E-state index contributed by atoms with van der Waals surface area (Å²) in [7, 11) is 0. The number of carbonyl (C=O) groups excluding carboxylic acids is 1. The summed E-state index contributed by atoms with van der Waals surface area (Å²) in [5.74, 6) is -3.44. The Labute approximate surface area is 126 Å². The molecule has 0 unspecified atom stereocenters. The topological polar surface area (TPSA) is 61.7 Å². The molecule has 22 heavy (non-hydrogen) atoms. The molecule has 2 rings (SSSR count). The van der Waals surface area contributed by atoms with E-state index in [4.69, 9.17) is 0 Å². The van der Waals surface area contributed by atoms with Crippen molar-refractivity contribution >= 4 is 12.1 Å². The lowest BCUT2D eigenvalue weighted by Crippen LogP contribution is -2.18. The minimum absolute atomic E-state index is 0.0371. The second-order valence-electron chi connectivity index (χ2n) is 4.72. The van der Waals surface area contributed by atoms with Gasteiger partial charge in [-0.05, 0) is 24.3 Å². The van der Waals surface area contributed by atoms with Crippen LogP contribution in [-0.2, 0) is 5.92 Å². The van der Waals surface area contributed by atoms with Crippen molar-refractivity contribution in [2.45, 2.75) is 12.8 Å². The lowest BCUT2D eigenvalue weighted by atomic mass is 10.1. The molecule has 2 aromatic carbocycles. The molecule has 0 aromatic heterocycles. The summed E-state index contributed by atoms with van der Waals surface area (Å²) in [5.41, 5.74) is 2.76. The minimum atomic E-state index is -2.95. The van der Waals surface area contributed by atoms with Crippen molar-refractivity contribution in [3.8, 4) is 5.75 Å². The number of nitrogens with one attached hydrogen (secondary N) is 1. The SMILES string of the molecule is CC(F)(F)c1ccc(C(=O)N/N=C\c2ccccc2O)cc1. The predicted octanol–water partition coefficient (Wildman–Crippen LogP) is 3.27. The van der Waals surface area contributed by atoms with Gasteiger partial charge < -0.3 is 5.11 Å². The number of alkyl halides is 2. The average Bonchev–Trinajstić information content (AvgIpc) is 2.48. The fourth-order valence-corrected chi connectivity index (χ4v) is 1.74. The molecule has 0 spiro atoms. The summed E-state index contributed by atoms with van der Waals surface area (Å²) in [6.07, 6.45) is 1.29. The number of hydrogen-bond acceptors (Lipinski definition) is 3. The van der Waals surface area contributed by atoms with Crippen molar-refractivity contribution in [3.63, 3.8) is 0 Å². The predicted molar refractivity (Wildman–Crippen MR) is 79.2 cm³/mol. The molecule has 0 fully saturated rings. The molecule has 0 saturated carbocycles. The van der Waals surface area contributed by atoms with Crippen molar-refractivity contribution < 1.29 is 18.7 Å². The van der Waals surface area contributed by atoms with Gasteiger partial charge in [0.05, 0.1) is 6.21 Å². The lowest BCUT2D eigenvalue weighted by Gasteiger charge is -2.10. The molecule has 0 radical (unpaired) electrons. The Kier molecular flexibility index (Phi) is 4.50. The number of para-hydroxylation sites is 1. The summed E-state index contributed by atoms with van der Waals surface area (Å²) < 4.78 is 26.1. The van der Waals surface area contributed by atoms with E-state index in [1.165, 1.54) is 36.5 Å². The Hall–Kier alpha value is -2.76. The maximum Gasteiger partial charge on any atom is 0.271 e. The van der Waals surface area contributed by atoms with Gasteiger partial charge >= 0.3 is 0 Å². The monoisotopic (exact) mass is 304 g/mol. The van der Waals surface area contributed by atoms with E-state index in [0.29, 0.717) is 5.56 Å². The van der Waals surface area contributed by atoms with Crippen molar-refractivity contribution in [3.05, 3.63) is 65.2 Å². The Bertz CT molecular complexity index is 692. The number of aromatic hydroxyl groups is 1. The number of rotatable bonds is 4. The molecule has 0 atom stereocenters. The van der Waals surface area contributed by atoms with Crippen LogP contribution >= 0.6 is 0 Å². The van der Waals surface area contributed by atoms with Gasteiger partial charge in [0, 0.05) is 23.6 Å². The van der Waals surface area contributed by atoms with Gasteiger partial charge in [-0.1, -0.05) is 24.3 Å². The van der Waals surface area contributed by atoms with E-state index >= 15 is 0 Å². The molecule has 2 aromatic rings. The van der Waals surface area contributed by atoms with Crippen LogP contribution in [0.2, 0.25) is 0 Å². The number of halogens is 2. The first-order valence-corrected chi connectivity index (χ1v) is 6.47. The van der Waals surface area contributed by atoms with E-state index in [-0.39, 0.29) is 16.9 Å². The second kappa shape index (κ2) is 6.34. The zero-order valence-electron chi connectivity index (χ0n) is 11.8. The Morgan fingerprint density at radius 1 is 1.18 bits per heavy atom. The third-order valence-corrected chi connectivity index (χ3v) is 2.96. The highest BCUT2D eigenvalue weighted by Gasteiger charge is 2.23. The third kappa shape index (κ3) is 3.88. The van der Waals surface area contributed by atoms with Crippen LogP contribution in [-0.4, -0.2) is 17.2 Å². The van der Waals surface area contributed by atoms with Crippen LogP contribution in [0.4, 0.5) is 8.78 Å². The molecule has 0 saturated heterocycles. The number of carbonyl (C=O) groups is 1. The summed E-state index contributed by atoms with van der Waals surface area (Å²) in [6, 6.07) is 11.5. The molecule has 4 nitrogen and oxygen atoms in total. The van der Waals surface area contributed by atoms with Gasteiger partial charge in [-0.15, -0.1) is 0 Å². The number of hydrogen-bond donors (Lipinski definition) is 2. The standard InChI is InChI=1S/C16H14F2N2O2/c1-16(17,18)13-8-6-11(7-9-13)15(22)20-19-10-12-4-2-3-5-14(12)21/h2-10,21H,1H3,(H,20,22)/b19-10-. The van der Waals surface area contributed by atoms with E-state index in [2.05, 4.69) is 10.5 Å². The van der Waals surface area contributed by atoms with Crippen LogP contribution in [0.25, 0.3) is 0 Å². The largest absolute Gasteiger partial charge is 0.507 e. The van der Waals surface area contributed by atoms with E-state index in [1.807, 2.05) is 0 Å². The highest BCUT2D eigenvalue weighted by atomic mass is 19.3. The summed E-state index contributed by atoms with van der Waals surface area (Å²) in [5, 5.41) is 13.2. The van der Waals surface area contributed by atoms with Crippen molar-refractivity contribution in [2.75, 3.05) is 0 Å². The van der Waals surface area contributed by atoms with Crippen LogP contribution < -0.4 is 5.43 Å². The zero-order valence-corrected chi connectivity index (χ0v) is 11.8. The maximum absolute atomic E-state index is 13.1. The molecule has 114 valence electrons. The molecule has 0 aliphatic rings. The molecular weight excluding hydrogens is 290 g/mol. The van der Waals surface area contributed by atoms with Gasteiger partial charge in [0.1, 0.15) is 5.75 Å². The highest BCUT2D eigenvalue weighted by Crippen LogP contribution is 2.26. The van der Waals surface area contributed by atoms with Crippen LogP contribution in [0.1, 0.15) is 28.4 Å². The molecule has 6 heteroatoms. The number of phenols is 1. The van der Waals surface area contributed by atoms with Gasteiger partial charge in [0.15, 0.2) is 0 Å². The molecule has 0 aliphatic heterocycles. The molecule has 2 N–H and O–H groups in total. The second-order valence-corrected chi connectivity index (χ2v) is 4.72. The van der Waals surface area contributed by atoms with Crippen LogP contribution in [0, 0.1) is 0 Å². The summed E-state index contributed by atoms with van der Waals surface area (Å²) >= 11 is 0. The highest BCUT2D eigenvalue weighted by molar-refractivity contribution is 5.95. The number of nitrogens with zero attached hydrogens (tertiary/aromatic N) is 1. The summed E-state index contributed by atoms with van der Waals surface area (Å²) in [4.78, 5) is 11.8. The van der Waals surface area contributed by atoms with E-state index < -0.39 is 11.8 Å². The Morgan fingerprint density at radius 3 is 2.41 bits per heavy atom. The summed E-state index contributed by atoms with van der Waals surface area (Å²) in [6.45, 7) is 0.790. The third-order valence-electron chi connectivity index (χ3n) is 2.96. The lowest BCUT2D eigenvalue weighted by molar-refractivity contribution is 0.0174. The van der Waals surface area contributed by atoms with Crippen LogP contribution in [0.15, 0.2) is 53.6 Å². The maximum atomic E-state index is 13.1. The minimum Gasteiger partial charge on any atom is -0.507 e. The smallest absolute Gasteiger partial charge is 0.271 e. The Morgan fingerprint density at radius 2 is 1.82 bits per heavy atom. The van der Waals surface area contributed by atoms with Gasteiger partial charge in [0.2, 0.25) is 0 Å². The van der Waals surface area contributed by atoms with Gasteiger partial charge in [-0.3, -0.25) is 4.79 Å². The van der Waals surface area contributed by atoms with Crippen molar-refractivity contribution in [1.82, 2.24) is 5.43 Å². The number of hydrazone groups is 1. The van der Waals surface area contributed by atoms with Gasteiger partial charge in [-0.2, -0.15) is 5.10 Å². The molecule has 0 heterocycles. The van der Waals surface area contributed by atoms with Crippen molar-refractivity contribution in [2.24, 2.45) is 5.10 Å². The van der Waals surface area contributed by atoms with Crippen LogP contribution in [0.5, 0.6) is 5.75 Å². The first-order chi connectivity index (χ1) is 10.4. The van der Waals surface area contributed by atoms with E-state index in [9.17, 15) is 18.7 Å². The molecular formula is C16H14F2N2O2. The molecule has 1 amide bonds. The molecule has 0 aliphatic carbocycles. The van der Waals surface area contributed by atoms with Gasteiger partial charge in [-0.25, -0.2) is 14.2 Å². The Balaban J connectivity index is 2.02. The van der Waals surface area contributed by atoms with Crippen LogP contribution in [0.3, 0.4) is 0 Å². The van der Waals surface area contributed by atoms with Gasteiger partial charge in [0.25, 0.3) is 11.8 Å². The molecule has 0 bridgehead atoms. The van der Waals surface area contributed by atoms with E-state index in [0.717, 1.165) is 6.92 Å². The number of amides is 1. The first kappa shape index (κ1) is 15.6. The quantitative estimate of drug-likeness (QED) is 0.672. The fourth-order valence-electron chi connectivity index (χ4n) is 1.74. The first-order valence-electron chi connectivity index (χ1n) is 6.47. The van der Waals surface area contributed by atoms with E-state index in [1.54, 1.807) is 18.2 Å². The van der Waals surface area contributed by atoms with Crippen molar-refractivity contribution in [1.29, 1.82) is 0 Å².